The SMILES string of the molecule is CC(C(=O)NC1CCCCCC1Br)S(C)(=O)=O. The smallest absolute Gasteiger partial charge is 0.238 e. The first kappa shape index (κ1) is 15.0. The van der Waals surface area contributed by atoms with E-state index in [0.717, 1.165) is 31.9 Å². The van der Waals surface area contributed by atoms with E-state index in [1.807, 2.05) is 0 Å². The van der Waals surface area contributed by atoms with Crippen LogP contribution in [0.2, 0.25) is 0 Å². The van der Waals surface area contributed by atoms with Crippen LogP contribution in [0.25, 0.3) is 0 Å². The Bertz CT molecular complexity index is 369. The highest BCUT2D eigenvalue weighted by atomic mass is 79.9. The summed E-state index contributed by atoms with van der Waals surface area (Å²) >= 11 is 3.57. The van der Waals surface area contributed by atoms with Gasteiger partial charge >= 0.3 is 0 Å². The molecule has 3 unspecified atom stereocenters. The first-order chi connectivity index (χ1) is 7.82. The Hall–Kier alpha value is -0.100. The summed E-state index contributed by atoms with van der Waals surface area (Å²) in [4.78, 5) is 12.1. The van der Waals surface area contributed by atoms with Gasteiger partial charge in [0.2, 0.25) is 5.91 Å². The Morgan fingerprint density at radius 2 is 1.88 bits per heavy atom. The van der Waals surface area contributed by atoms with Crippen molar-refractivity contribution in [2.45, 2.75) is 55.1 Å². The molecule has 0 radical (unpaired) electrons. The van der Waals surface area contributed by atoms with Crippen LogP contribution in [0.1, 0.15) is 39.0 Å². The minimum Gasteiger partial charge on any atom is -0.351 e. The predicted molar refractivity (Wildman–Crippen MR) is 72.0 cm³/mol. The zero-order valence-electron chi connectivity index (χ0n) is 10.3. The summed E-state index contributed by atoms with van der Waals surface area (Å²) < 4.78 is 22.6. The molecule has 0 aromatic rings. The highest BCUT2D eigenvalue weighted by molar-refractivity contribution is 9.09. The summed E-state index contributed by atoms with van der Waals surface area (Å²) in [5.74, 6) is -0.385. The highest BCUT2D eigenvalue weighted by Crippen LogP contribution is 2.23. The van der Waals surface area contributed by atoms with Crippen molar-refractivity contribution in [1.29, 1.82) is 0 Å². The van der Waals surface area contributed by atoms with Crippen molar-refractivity contribution in [2.24, 2.45) is 0 Å². The largest absolute Gasteiger partial charge is 0.351 e. The van der Waals surface area contributed by atoms with Crippen molar-refractivity contribution < 1.29 is 13.2 Å². The number of nitrogens with one attached hydrogen (secondary N) is 1. The molecule has 4 nitrogen and oxygen atoms in total. The number of rotatable bonds is 3. The van der Waals surface area contributed by atoms with E-state index in [1.54, 1.807) is 0 Å². The minimum atomic E-state index is -3.31. The molecule has 0 bridgehead atoms. The Morgan fingerprint density at radius 3 is 2.47 bits per heavy atom. The normalized spacial score (nSPS) is 28.2. The van der Waals surface area contributed by atoms with Crippen molar-refractivity contribution in [2.75, 3.05) is 6.26 Å². The van der Waals surface area contributed by atoms with Crippen LogP contribution in [-0.4, -0.2) is 36.7 Å². The van der Waals surface area contributed by atoms with Gasteiger partial charge in [0.15, 0.2) is 9.84 Å². The van der Waals surface area contributed by atoms with Gasteiger partial charge in [0.05, 0.1) is 0 Å². The summed E-state index contributed by atoms with van der Waals surface area (Å²) in [5, 5.41) is 1.88. The van der Waals surface area contributed by atoms with Crippen molar-refractivity contribution in [3.05, 3.63) is 0 Å². The first-order valence-corrected chi connectivity index (χ1v) is 8.82. The molecule has 0 aliphatic heterocycles. The van der Waals surface area contributed by atoms with E-state index in [1.165, 1.54) is 13.3 Å². The van der Waals surface area contributed by atoms with E-state index < -0.39 is 15.1 Å². The lowest BCUT2D eigenvalue weighted by molar-refractivity contribution is -0.121. The molecular weight excluding hydrogens is 306 g/mol. The van der Waals surface area contributed by atoms with Gasteiger partial charge in [0.25, 0.3) is 0 Å². The van der Waals surface area contributed by atoms with Gasteiger partial charge in [-0.2, -0.15) is 0 Å². The number of hydrogen-bond acceptors (Lipinski definition) is 3. The van der Waals surface area contributed by atoms with Crippen molar-refractivity contribution in [3.63, 3.8) is 0 Å². The van der Waals surface area contributed by atoms with Crippen LogP contribution in [0.4, 0.5) is 0 Å². The Kier molecular flexibility index (Phi) is 5.44. The summed E-state index contributed by atoms with van der Waals surface area (Å²) in [6.45, 7) is 1.44. The molecule has 1 fully saturated rings. The van der Waals surface area contributed by atoms with Crippen molar-refractivity contribution >= 4 is 31.7 Å². The molecule has 1 N–H and O–H groups in total. The number of alkyl halides is 1. The third-order valence-corrected chi connectivity index (χ3v) is 5.87. The number of halogens is 1. The van der Waals surface area contributed by atoms with Crippen LogP contribution >= 0.6 is 15.9 Å². The molecule has 0 spiro atoms. The van der Waals surface area contributed by atoms with Crippen molar-refractivity contribution in [3.8, 4) is 0 Å². The maximum absolute atomic E-state index is 11.8. The third kappa shape index (κ3) is 4.58. The second kappa shape index (κ2) is 6.18. The monoisotopic (exact) mass is 325 g/mol. The molecule has 1 aliphatic carbocycles. The Labute approximate surface area is 112 Å². The van der Waals surface area contributed by atoms with E-state index in [9.17, 15) is 13.2 Å². The molecular formula is C11H20BrNO3S. The average Bonchev–Trinajstić information content (AvgIpc) is 2.42. The molecule has 1 rings (SSSR count). The molecule has 3 atom stereocenters. The lowest BCUT2D eigenvalue weighted by Gasteiger charge is -2.23. The summed E-state index contributed by atoms with van der Waals surface area (Å²) in [6, 6.07) is 0.0502. The average molecular weight is 326 g/mol. The van der Waals surface area contributed by atoms with Crippen molar-refractivity contribution in [1.82, 2.24) is 5.32 Å². The maximum atomic E-state index is 11.8. The molecule has 1 aliphatic rings. The van der Waals surface area contributed by atoms with Crippen LogP contribution in [-0.2, 0) is 14.6 Å². The molecule has 1 saturated carbocycles. The molecule has 1 amide bonds. The minimum absolute atomic E-state index is 0.0502. The molecule has 0 aromatic carbocycles. The highest BCUT2D eigenvalue weighted by Gasteiger charge is 2.28. The van der Waals surface area contributed by atoms with E-state index in [2.05, 4.69) is 21.2 Å². The lowest BCUT2D eigenvalue weighted by atomic mass is 10.1. The molecule has 0 aromatic heterocycles. The molecule has 6 heteroatoms. The fourth-order valence-electron chi connectivity index (χ4n) is 1.92. The van der Waals surface area contributed by atoms with E-state index in [-0.39, 0.29) is 16.8 Å². The second-order valence-corrected chi connectivity index (χ2v) is 8.28. The van der Waals surface area contributed by atoms with E-state index in [0.29, 0.717) is 0 Å². The van der Waals surface area contributed by atoms with Crippen LogP contribution in [0, 0.1) is 0 Å². The maximum Gasteiger partial charge on any atom is 0.238 e. The van der Waals surface area contributed by atoms with Gasteiger partial charge in [-0.3, -0.25) is 4.79 Å². The second-order valence-electron chi connectivity index (χ2n) is 4.74. The predicted octanol–water partition coefficient (Wildman–Crippen LogP) is 1.63. The zero-order chi connectivity index (χ0) is 13.1. The van der Waals surface area contributed by atoms with Crippen LogP contribution < -0.4 is 5.32 Å². The lowest BCUT2D eigenvalue weighted by Crippen LogP contribution is -2.46. The number of hydrogen-bond donors (Lipinski definition) is 1. The zero-order valence-corrected chi connectivity index (χ0v) is 12.7. The Morgan fingerprint density at radius 1 is 1.29 bits per heavy atom. The number of carbonyl (C=O) groups is 1. The number of amides is 1. The standard InChI is InChI=1S/C11H20BrNO3S/c1-8(17(2,15)16)11(14)13-10-7-5-3-4-6-9(10)12/h8-10H,3-7H2,1-2H3,(H,13,14). The molecule has 100 valence electrons. The summed E-state index contributed by atoms with van der Waals surface area (Å²) in [6.07, 6.45) is 6.45. The summed E-state index contributed by atoms with van der Waals surface area (Å²) in [7, 11) is -3.31. The van der Waals surface area contributed by atoms with Gasteiger partial charge < -0.3 is 5.32 Å². The fourth-order valence-corrected chi connectivity index (χ4v) is 3.10. The topological polar surface area (TPSA) is 63.2 Å². The van der Waals surface area contributed by atoms with Gasteiger partial charge in [-0.05, 0) is 19.8 Å². The quantitative estimate of drug-likeness (QED) is 0.633. The van der Waals surface area contributed by atoms with Gasteiger partial charge in [-0.1, -0.05) is 35.2 Å². The number of sulfone groups is 1. The van der Waals surface area contributed by atoms with Gasteiger partial charge in [0, 0.05) is 17.1 Å². The van der Waals surface area contributed by atoms with Crippen LogP contribution in [0.5, 0.6) is 0 Å². The molecule has 0 saturated heterocycles. The Balaban J connectivity index is 2.60. The summed E-state index contributed by atoms with van der Waals surface area (Å²) in [5.41, 5.74) is 0. The number of carbonyl (C=O) groups excluding carboxylic acids is 1. The first-order valence-electron chi connectivity index (χ1n) is 5.95. The fraction of sp³-hybridized carbons (Fsp3) is 0.909. The van der Waals surface area contributed by atoms with E-state index >= 15 is 0 Å². The van der Waals surface area contributed by atoms with E-state index in [4.69, 9.17) is 0 Å². The van der Waals surface area contributed by atoms with Gasteiger partial charge in [-0.15, -0.1) is 0 Å². The molecule has 17 heavy (non-hydrogen) atoms. The van der Waals surface area contributed by atoms with Gasteiger partial charge in [-0.25, -0.2) is 8.42 Å². The van der Waals surface area contributed by atoms with Gasteiger partial charge in [0.1, 0.15) is 5.25 Å². The van der Waals surface area contributed by atoms with Crippen LogP contribution in [0.3, 0.4) is 0 Å². The van der Waals surface area contributed by atoms with Crippen LogP contribution in [0.15, 0.2) is 0 Å². The molecule has 0 heterocycles. The third-order valence-electron chi connectivity index (χ3n) is 3.27.